The van der Waals surface area contributed by atoms with Gasteiger partial charge < -0.3 is 20.3 Å². The van der Waals surface area contributed by atoms with Crippen LogP contribution in [0.4, 0.5) is 0 Å². The second-order valence-electron chi connectivity index (χ2n) is 9.60. The zero-order valence-corrected chi connectivity index (χ0v) is 22.2. The first kappa shape index (κ1) is 28.8. The van der Waals surface area contributed by atoms with E-state index in [9.17, 15) is 15.0 Å². The van der Waals surface area contributed by atoms with Crippen molar-refractivity contribution in [3.63, 3.8) is 0 Å². The van der Waals surface area contributed by atoms with Crippen LogP contribution < -0.4 is 5.32 Å². The number of hydrogen-bond donors (Lipinski definition) is 3. The van der Waals surface area contributed by atoms with Crippen molar-refractivity contribution in [1.29, 1.82) is 0 Å². The standard InChI is InChI=1S/C30H40N2O5/c1-4-5-18-36-19-6-17-31-30(35)28-27(21-33)29(23(3)34)37-32(28)20-26-15-13-25(14-16-26)12-11-24-9-7-22(2)8-10-24/h7-10,13-16,23,27-29,33-34H,4-6,17-21H2,1-3H3,(H,31,35)/t23-,27-,28-,29-/m0/s1. The van der Waals surface area contributed by atoms with E-state index in [2.05, 4.69) is 24.1 Å². The number of nitrogens with zero attached hydrogens (tertiary/aromatic N) is 1. The first-order valence-electron chi connectivity index (χ1n) is 13.2. The molecule has 2 aromatic carbocycles. The highest BCUT2D eigenvalue weighted by atomic mass is 16.7. The molecule has 3 N–H and O–H groups in total. The van der Waals surface area contributed by atoms with E-state index in [4.69, 9.17) is 9.57 Å². The molecule has 0 aliphatic carbocycles. The number of amides is 1. The van der Waals surface area contributed by atoms with Crippen molar-refractivity contribution in [3.8, 4) is 11.8 Å². The van der Waals surface area contributed by atoms with Gasteiger partial charge in [-0.25, -0.2) is 0 Å². The Morgan fingerprint density at radius 2 is 1.70 bits per heavy atom. The minimum atomic E-state index is -0.830. The van der Waals surface area contributed by atoms with Crippen LogP contribution in [0, 0.1) is 24.7 Å². The third-order valence-electron chi connectivity index (χ3n) is 6.45. The van der Waals surface area contributed by atoms with Crippen LogP contribution in [-0.2, 0) is 20.9 Å². The van der Waals surface area contributed by atoms with E-state index in [1.54, 1.807) is 12.0 Å². The van der Waals surface area contributed by atoms with Crippen LogP contribution in [0.5, 0.6) is 0 Å². The lowest BCUT2D eigenvalue weighted by molar-refractivity contribution is -0.192. The van der Waals surface area contributed by atoms with Crippen LogP contribution in [0.2, 0.25) is 0 Å². The van der Waals surface area contributed by atoms with E-state index in [0.717, 1.165) is 36.1 Å². The Morgan fingerprint density at radius 1 is 1.08 bits per heavy atom. The first-order valence-corrected chi connectivity index (χ1v) is 13.2. The highest BCUT2D eigenvalue weighted by molar-refractivity contribution is 5.82. The van der Waals surface area contributed by atoms with Gasteiger partial charge in [-0.3, -0.25) is 9.63 Å². The van der Waals surface area contributed by atoms with Crippen molar-refractivity contribution in [2.75, 3.05) is 26.4 Å². The van der Waals surface area contributed by atoms with Crippen LogP contribution in [0.25, 0.3) is 0 Å². The predicted molar refractivity (Wildman–Crippen MR) is 143 cm³/mol. The van der Waals surface area contributed by atoms with Crippen LogP contribution >= 0.6 is 0 Å². The summed E-state index contributed by atoms with van der Waals surface area (Å²) in [5.74, 6) is 5.58. The minimum absolute atomic E-state index is 0.226. The maximum Gasteiger partial charge on any atom is 0.240 e. The lowest BCUT2D eigenvalue weighted by atomic mass is 9.92. The van der Waals surface area contributed by atoms with Gasteiger partial charge in [-0.15, -0.1) is 0 Å². The number of rotatable bonds is 12. The summed E-state index contributed by atoms with van der Waals surface area (Å²) in [5, 5.41) is 24.8. The molecule has 0 bridgehead atoms. The average molecular weight is 509 g/mol. The summed E-state index contributed by atoms with van der Waals surface area (Å²) in [4.78, 5) is 19.1. The number of carbonyl (C=O) groups is 1. The number of benzene rings is 2. The number of ether oxygens (including phenoxy) is 1. The van der Waals surface area contributed by atoms with Crippen molar-refractivity contribution < 1.29 is 24.6 Å². The fraction of sp³-hybridized carbons (Fsp3) is 0.500. The van der Waals surface area contributed by atoms with E-state index in [0.29, 0.717) is 26.1 Å². The SMILES string of the molecule is CCCCOCCCNC(=O)[C@@H]1[C@H](CO)[C@H]([C@H](C)O)ON1Cc1ccc(C#Cc2ccc(C)cc2)cc1. The molecule has 0 aromatic heterocycles. The van der Waals surface area contributed by atoms with Gasteiger partial charge in [-0.2, -0.15) is 5.06 Å². The summed E-state index contributed by atoms with van der Waals surface area (Å²) < 4.78 is 5.56. The monoisotopic (exact) mass is 508 g/mol. The molecule has 7 heteroatoms. The topological polar surface area (TPSA) is 91.3 Å². The molecule has 7 nitrogen and oxygen atoms in total. The molecule has 2 aromatic rings. The Hall–Kier alpha value is -2.73. The van der Waals surface area contributed by atoms with E-state index >= 15 is 0 Å². The number of unbranched alkanes of at least 4 members (excludes halogenated alkanes) is 1. The maximum atomic E-state index is 13.1. The first-order chi connectivity index (χ1) is 17.9. The molecule has 1 heterocycles. The van der Waals surface area contributed by atoms with Crippen molar-refractivity contribution in [3.05, 3.63) is 70.8 Å². The Labute approximate surface area is 220 Å². The van der Waals surface area contributed by atoms with Crippen LogP contribution in [0.15, 0.2) is 48.5 Å². The third-order valence-corrected chi connectivity index (χ3v) is 6.45. The molecule has 0 spiro atoms. The Kier molecular flexibility index (Phi) is 11.6. The zero-order chi connectivity index (χ0) is 26.6. The van der Waals surface area contributed by atoms with Gasteiger partial charge in [-0.1, -0.05) is 55.0 Å². The number of aliphatic hydroxyl groups is 2. The van der Waals surface area contributed by atoms with Gasteiger partial charge in [0.05, 0.1) is 19.3 Å². The van der Waals surface area contributed by atoms with Gasteiger partial charge in [0.2, 0.25) is 5.91 Å². The molecule has 0 saturated carbocycles. The molecular weight excluding hydrogens is 468 g/mol. The maximum absolute atomic E-state index is 13.1. The molecule has 1 amide bonds. The predicted octanol–water partition coefficient (Wildman–Crippen LogP) is 3.19. The van der Waals surface area contributed by atoms with Crippen LogP contribution in [0.3, 0.4) is 0 Å². The fourth-order valence-corrected chi connectivity index (χ4v) is 4.30. The van der Waals surface area contributed by atoms with Gasteiger partial charge >= 0.3 is 0 Å². The van der Waals surface area contributed by atoms with Crippen molar-refractivity contribution in [2.24, 2.45) is 5.92 Å². The molecule has 1 fully saturated rings. The van der Waals surface area contributed by atoms with Crippen molar-refractivity contribution in [1.82, 2.24) is 10.4 Å². The quantitative estimate of drug-likeness (QED) is 0.301. The summed E-state index contributed by atoms with van der Waals surface area (Å²) in [5.41, 5.74) is 3.98. The number of aliphatic hydroxyl groups excluding tert-OH is 2. The van der Waals surface area contributed by atoms with Gasteiger partial charge in [0.15, 0.2) is 0 Å². The summed E-state index contributed by atoms with van der Waals surface area (Å²) in [6.07, 6.45) is 1.32. The molecule has 4 atom stereocenters. The normalized spacial score (nSPS) is 20.3. The smallest absolute Gasteiger partial charge is 0.240 e. The second kappa shape index (κ2) is 14.9. The van der Waals surface area contributed by atoms with Gasteiger partial charge in [0.1, 0.15) is 12.1 Å². The molecule has 1 saturated heterocycles. The van der Waals surface area contributed by atoms with Crippen molar-refractivity contribution >= 4 is 5.91 Å². The molecule has 3 rings (SSSR count). The Morgan fingerprint density at radius 3 is 2.30 bits per heavy atom. The minimum Gasteiger partial charge on any atom is -0.396 e. The molecule has 200 valence electrons. The number of nitrogens with one attached hydrogen (secondary N) is 1. The van der Waals surface area contributed by atoms with E-state index in [1.165, 1.54) is 5.56 Å². The fourth-order valence-electron chi connectivity index (χ4n) is 4.30. The number of aryl methyl sites for hydroxylation is 1. The molecule has 37 heavy (non-hydrogen) atoms. The van der Waals surface area contributed by atoms with E-state index in [-0.39, 0.29) is 12.5 Å². The van der Waals surface area contributed by atoms with Crippen molar-refractivity contribution in [2.45, 2.75) is 64.8 Å². The number of hydrogen-bond acceptors (Lipinski definition) is 6. The summed E-state index contributed by atoms with van der Waals surface area (Å²) in [7, 11) is 0. The zero-order valence-electron chi connectivity index (χ0n) is 22.2. The Balaban J connectivity index is 1.63. The summed E-state index contributed by atoms with van der Waals surface area (Å²) >= 11 is 0. The molecular formula is C30H40N2O5. The molecule has 0 unspecified atom stereocenters. The number of hydroxylamine groups is 2. The van der Waals surface area contributed by atoms with Gasteiger partial charge in [0, 0.05) is 36.8 Å². The summed E-state index contributed by atoms with van der Waals surface area (Å²) in [6.45, 7) is 7.64. The average Bonchev–Trinajstić information content (AvgIpc) is 3.27. The largest absolute Gasteiger partial charge is 0.396 e. The lowest BCUT2D eigenvalue weighted by Crippen LogP contribution is -2.47. The summed E-state index contributed by atoms with van der Waals surface area (Å²) in [6, 6.07) is 15.2. The second-order valence-corrected chi connectivity index (χ2v) is 9.60. The van der Waals surface area contributed by atoms with E-state index < -0.39 is 24.2 Å². The molecule has 0 radical (unpaired) electrons. The van der Waals surface area contributed by atoms with E-state index in [1.807, 2.05) is 55.5 Å². The lowest BCUT2D eigenvalue weighted by Gasteiger charge is -2.24. The van der Waals surface area contributed by atoms with Gasteiger partial charge in [0.25, 0.3) is 0 Å². The third kappa shape index (κ3) is 8.67. The van der Waals surface area contributed by atoms with Crippen LogP contribution in [0.1, 0.15) is 55.4 Å². The highest BCUT2D eigenvalue weighted by Gasteiger charge is 2.48. The number of carbonyl (C=O) groups excluding carboxylic acids is 1. The van der Waals surface area contributed by atoms with Gasteiger partial charge in [-0.05, 0) is 56.5 Å². The Bertz CT molecular complexity index is 1030. The van der Waals surface area contributed by atoms with Crippen LogP contribution in [-0.4, -0.2) is 65.8 Å². The highest BCUT2D eigenvalue weighted by Crippen LogP contribution is 2.31. The molecule has 1 aliphatic heterocycles. The molecule has 1 aliphatic rings.